The lowest BCUT2D eigenvalue weighted by molar-refractivity contribution is -0.136. The lowest BCUT2D eigenvalue weighted by Crippen LogP contribution is -2.37. The number of hydrogen-bond donors (Lipinski definition) is 1. The van der Waals surface area contributed by atoms with Crippen molar-refractivity contribution in [2.45, 2.75) is 31.4 Å². The minimum atomic E-state index is -0.00818. The summed E-state index contributed by atoms with van der Waals surface area (Å²) in [6, 6.07) is 8.36. The first-order valence-corrected chi connectivity index (χ1v) is 8.15. The molecule has 1 N–H and O–H groups in total. The summed E-state index contributed by atoms with van der Waals surface area (Å²) in [6.45, 7) is 0.646. The number of fused-ring (bicyclic) bond motifs is 1. The number of aromatic amines is 1. The zero-order chi connectivity index (χ0) is 15.8. The molecule has 1 saturated heterocycles. The normalized spacial score (nSPS) is 24.1. The van der Waals surface area contributed by atoms with Gasteiger partial charge in [0.15, 0.2) is 0 Å². The molecule has 2 aliphatic rings. The number of likely N-dealkylation sites (tertiary alicyclic amines) is 1. The number of H-pyrrole nitrogens is 1. The van der Waals surface area contributed by atoms with E-state index in [4.69, 9.17) is 4.74 Å². The Kier molecular flexibility index (Phi) is 3.65. The molecule has 5 heteroatoms. The maximum atomic E-state index is 13.1. The van der Waals surface area contributed by atoms with Crippen molar-refractivity contribution in [1.82, 2.24) is 14.9 Å². The molecule has 1 fully saturated rings. The Morgan fingerprint density at radius 1 is 1.30 bits per heavy atom. The van der Waals surface area contributed by atoms with Crippen molar-refractivity contribution in [3.8, 4) is 0 Å². The summed E-state index contributed by atoms with van der Waals surface area (Å²) in [5, 5.41) is 0. The number of aromatic nitrogens is 2. The van der Waals surface area contributed by atoms with Crippen LogP contribution in [0.4, 0.5) is 0 Å². The van der Waals surface area contributed by atoms with Crippen LogP contribution in [0.25, 0.3) is 0 Å². The highest BCUT2D eigenvalue weighted by Gasteiger charge is 2.41. The van der Waals surface area contributed by atoms with E-state index in [1.54, 1.807) is 13.3 Å². The quantitative estimate of drug-likeness (QED) is 0.944. The summed E-state index contributed by atoms with van der Waals surface area (Å²) in [5.74, 6) is 1.12. The van der Waals surface area contributed by atoms with Crippen molar-refractivity contribution in [1.29, 1.82) is 0 Å². The lowest BCUT2D eigenvalue weighted by atomic mass is 10.0. The third kappa shape index (κ3) is 2.55. The molecule has 4 rings (SSSR count). The second-order valence-corrected chi connectivity index (χ2v) is 6.45. The number of hydrogen-bond acceptors (Lipinski definition) is 3. The van der Waals surface area contributed by atoms with Crippen LogP contribution >= 0.6 is 0 Å². The zero-order valence-corrected chi connectivity index (χ0v) is 13.2. The van der Waals surface area contributed by atoms with Crippen molar-refractivity contribution in [3.63, 3.8) is 0 Å². The van der Waals surface area contributed by atoms with E-state index in [2.05, 4.69) is 22.1 Å². The largest absolute Gasteiger partial charge is 0.380 e. The lowest BCUT2D eigenvalue weighted by Gasteiger charge is -2.26. The van der Waals surface area contributed by atoms with Crippen LogP contribution in [0.5, 0.6) is 0 Å². The maximum absolute atomic E-state index is 13.1. The number of carbonyl (C=O) groups excluding carboxylic acids is 1. The van der Waals surface area contributed by atoms with Gasteiger partial charge in [-0.2, -0.15) is 0 Å². The van der Waals surface area contributed by atoms with Crippen LogP contribution in [0.3, 0.4) is 0 Å². The van der Waals surface area contributed by atoms with Crippen molar-refractivity contribution in [2.75, 3.05) is 13.7 Å². The molecule has 1 aliphatic heterocycles. The molecular weight excluding hydrogens is 290 g/mol. The number of nitrogens with one attached hydrogen (secondary N) is 1. The summed E-state index contributed by atoms with van der Waals surface area (Å²) in [4.78, 5) is 22.6. The Labute approximate surface area is 135 Å². The number of rotatable bonds is 3. The fraction of sp³-hybridized carbons (Fsp3) is 0.444. The predicted octanol–water partition coefficient (Wildman–Crippen LogP) is 2.11. The number of methoxy groups -OCH3 is 1. The van der Waals surface area contributed by atoms with Gasteiger partial charge in [0, 0.05) is 38.4 Å². The van der Waals surface area contributed by atoms with Crippen LogP contribution < -0.4 is 0 Å². The van der Waals surface area contributed by atoms with Gasteiger partial charge >= 0.3 is 0 Å². The molecule has 1 unspecified atom stereocenters. The highest BCUT2D eigenvalue weighted by Crippen LogP contribution is 2.35. The summed E-state index contributed by atoms with van der Waals surface area (Å²) < 4.78 is 5.51. The second-order valence-electron chi connectivity index (χ2n) is 6.45. The van der Waals surface area contributed by atoms with Crippen LogP contribution in [0, 0.1) is 5.92 Å². The van der Waals surface area contributed by atoms with E-state index in [1.807, 2.05) is 23.2 Å². The molecule has 0 spiro atoms. The molecule has 1 aliphatic carbocycles. The van der Waals surface area contributed by atoms with E-state index in [1.165, 1.54) is 11.1 Å². The fourth-order valence-electron chi connectivity index (χ4n) is 3.90. The highest BCUT2D eigenvalue weighted by molar-refractivity contribution is 5.81. The van der Waals surface area contributed by atoms with Crippen molar-refractivity contribution in [3.05, 3.63) is 53.6 Å². The first kappa shape index (κ1) is 14.5. The van der Waals surface area contributed by atoms with Gasteiger partial charge in [-0.3, -0.25) is 4.79 Å². The monoisotopic (exact) mass is 311 g/mol. The molecule has 1 aromatic heterocycles. The molecule has 23 heavy (non-hydrogen) atoms. The standard InChI is InChI=1S/C18H21N3O2/c1-23-15-10-16(17-19-6-7-20-17)21(11-15)18(22)14-8-12-4-2-3-5-13(12)9-14/h2-7,14-16H,8-11H2,1H3,(H,19,20)/t15-,16?/m1/s1. The van der Waals surface area contributed by atoms with Gasteiger partial charge in [-0.15, -0.1) is 0 Å². The predicted molar refractivity (Wildman–Crippen MR) is 85.8 cm³/mol. The van der Waals surface area contributed by atoms with Gasteiger partial charge in [0.1, 0.15) is 5.82 Å². The summed E-state index contributed by atoms with van der Waals surface area (Å²) in [5.41, 5.74) is 2.62. The van der Waals surface area contributed by atoms with E-state index >= 15 is 0 Å². The molecule has 5 nitrogen and oxygen atoms in total. The Balaban J connectivity index is 1.55. The van der Waals surface area contributed by atoms with Gasteiger partial charge < -0.3 is 14.6 Å². The summed E-state index contributed by atoms with van der Waals surface area (Å²) in [7, 11) is 1.71. The highest BCUT2D eigenvalue weighted by atomic mass is 16.5. The molecule has 1 amide bonds. The number of carbonyl (C=O) groups is 1. The summed E-state index contributed by atoms with van der Waals surface area (Å²) >= 11 is 0. The van der Waals surface area contributed by atoms with Crippen LogP contribution in [-0.2, 0) is 22.4 Å². The smallest absolute Gasteiger partial charge is 0.227 e. The van der Waals surface area contributed by atoms with Crippen molar-refractivity contribution in [2.24, 2.45) is 5.92 Å². The third-order valence-corrected chi connectivity index (χ3v) is 5.11. The topological polar surface area (TPSA) is 58.2 Å². The number of imidazole rings is 1. The fourth-order valence-corrected chi connectivity index (χ4v) is 3.90. The average molecular weight is 311 g/mol. The zero-order valence-electron chi connectivity index (χ0n) is 13.2. The molecule has 2 heterocycles. The third-order valence-electron chi connectivity index (χ3n) is 5.11. The molecule has 2 atom stereocenters. The first-order valence-electron chi connectivity index (χ1n) is 8.15. The van der Waals surface area contributed by atoms with Gasteiger partial charge in [0.25, 0.3) is 0 Å². The summed E-state index contributed by atoms with van der Waals surface area (Å²) in [6.07, 6.45) is 6.11. The van der Waals surface area contributed by atoms with Crippen molar-refractivity contribution < 1.29 is 9.53 Å². The maximum Gasteiger partial charge on any atom is 0.227 e. The van der Waals surface area contributed by atoms with Gasteiger partial charge in [-0.05, 0) is 24.0 Å². The first-order chi connectivity index (χ1) is 11.3. The Morgan fingerprint density at radius 3 is 2.65 bits per heavy atom. The van der Waals surface area contributed by atoms with Gasteiger partial charge in [-0.1, -0.05) is 24.3 Å². The van der Waals surface area contributed by atoms with E-state index in [0.717, 1.165) is 25.1 Å². The SMILES string of the molecule is CO[C@@H]1CC(c2ncc[nH]2)N(C(=O)C2Cc3ccccc3C2)C1. The van der Waals surface area contributed by atoms with Gasteiger partial charge in [0.2, 0.25) is 5.91 Å². The van der Waals surface area contributed by atoms with Crippen LogP contribution in [-0.4, -0.2) is 40.5 Å². The molecule has 2 aromatic rings. The Morgan fingerprint density at radius 2 is 2.04 bits per heavy atom. The molecule has 1 aromatic carbocycles. The molecule has 0 bridgehead atoms. The van der Waals surface area contributed by atoms with Gasteiger partial charge in [0.05, 0.1) is 12.1 Å². The number of nitrogens with zero attached hydrogens (tertiary/aromatic N) is 2. The minimum Gasteiger partial charge on any atom is -0.380 e. The number of amides is 1. The van der Waals surface area contributed by atoms with Crippen molar-refractivity contribution >= 4 is 5.91 Å². The van der Waals surface area contributed by atoms with Crippen LogP contribution in [0.2, 0.25) is 0 Å². The molecule has 120 valence electrons. The number of ether oxygens (including phenoxy) is 1. The van der Waals surface area contributed by atoms with E-state index in [0.29, 0.717) is 6.54 Å². The second kappa shape index (κ2) is 5.81. The van der Waals surface area contributed by atoms with E-state index in [-0.39, 0.29) is 24.0 Å². The van der Waals surface area contributed by atoms with Crippen LogP contribution in [0.1, 0.15) is 29.4 Å². The van der Waals surface area contributed by atoms with E-state index < -0.39 is 0 Å². The minimum absolute atomic E-state index is 0.00818. The Hall–Kier alpha value is -2.14. The number of benzene rings is 1. The van der Waals surface area contributed by atoms with Crippen LogP contribution in [0.15, 0.2) is 36.7 Å². The molecule has 0 saturated carbocycles. The average Bonchev–Trinajstić information content (AvgIpc) is 3.30. The Bertz CT molecular complexity index is 673. The van der Waals surface area contributed by atoms with Gasteiger partial charge in [-0.25, -0.2) is 4.98 Å². The molecule has 0 radical (unpaired) electrons. The van der Waals surface area contributed by atoms with E-state index in [9.17, 15) is 4.79 Å². The molecular formula is C18H21N3O2.